The van der Waals surface area contributed by atoms with Crippen molar-refractivity contribution < 1.29 is 27.8 Å². The molecule has 1 aromatic rings. The van der Waals surface area contributed by atoms with E-state index < -0.39 is 18.7 Å². The van der Waals surface area contributed by atoms with Crippen LogP contribution in [0, 0.1) is 0 Å². The fourth-order valence-corrected chi connectivity index (χ4v) is 1.27. The van der Waals surface area contributed by atoms with Crippen molar-refractivity contribution in [1.82, 2.24) is 0 Å². The summed E-state index contributed by atoms with van der Waals surface area (Å²) in [6.45, 7) is -1.74. The number of ether oxygens (including phenoxy) is 1. The van der Waals surface area contributed by atoms with Gasteiger partial charge in [0.15, 0.2) is 0 Å². The highest BCUT2D eigenvalue weighted by molar-refractivity contribution is 5.90. The van der Waals surface area contributed by atoms with Crippen LogP contribution in [-0.4, -0.2) is 30.4 Å². The SMILES string of the molecule is O=C(CCOCC(F)(F)F)Nc1ccc(CO)cc1. The fourth-order valence-electron chi connectivity index (χ4n) is 1.27. The maximum atomic E-state index is 11.8. The summed E-state index contributed by atoms with van der Waals surface area (Å²) < 4.78 is 39.6. The van der Waals surface area contributed by atoms with Crippen LogP contribution in [0.15, 0.2) is 24.3 Å². The quantitative estimate of drug-likeness (QED) is 0.783. The van der Waals surface area contributed by atoms with E-state index in [1.165, 1.54) is 0 Å². The average Bonchev–Trinajstić information content (AvgIpc) is 2.34. The molecule has 0 spiro atoms. The van der Waals surface area contributed by atoms with E-state index in [-0.39, 0.29) is 19.6 Å². The van der Waals surface area contributed by atoms with E-state index in [4.69, 9.17) is 5.11 Å². The molecule has 0 aliphatic rings. The van der Waals surface area contributed by atoms with Gasteiger partial charge in [-0.25, -0.2) is 0 Å². The number of carbonyl (C=O) groups is 1. The number of amides is 1. The van der Waals surface area contributed by atoms with Gasteiger partial charge in [-0.2, -0.15) is 13.2 Å². The minimum Gasteiger partial charge on any atom is -0.392 e. The molecule has 0 saturated heterocycles. The summed E-state index contributed by atoms with van der Waals surface area (Å²) in [6.07, 6.45) is -4.53. The summed E-state index contributed by atoms with van der Waals surface area (Å²) in [4.78, 5) is 11.4. The summed E-state index contributed by atoms with van der Waals surface area (Å²) in [5.41, 5.74) is 1.21. The van der Waals surface area contributed by atoms with Crippen molar-refractivity contribution in [3.8, 4) is 0 Å². The first-order valence-corrected chi connectivity index (χ1v) is 5.55. The highest BCUT2D eigenvalue weighted by atomic mass is 19.4. The van der Waals surface area contributed by atoms with Gasteiger partial charge in [0.2, 0.25) is 5.91 Å². The smallest absolute Gasteiger partial charge is 0.392 e. The lowest BCUT2D eigenvalue weighted by Crippen LogP contribution is -2.20. The normalized spacial score (nSPS) is 11.4. The molecular weight excluding hydrogens is 263 g/mol. The van der Waals surface area contributed by atoms with Crippen LogP contribution in [0.2, 0.25) is 0 Å². The van der Waals surface area contributed by atoms with Crippen molar-refractivity contribution in [3.05, 3.63) is 29.8 Å². The number of halogens is 3. The van der Waals surface area contributed by atoms with Gasteiger partial charge in [-0.3, -0.25) is 4.79 Å². The second-order valence-corrected chi connectivity index (χ2v) is 3.82. The zero-order valence-electron chi connectivity index (χ0n) is 10.0. The topological polar surface area (TPSA) is 58.6 Å². The summed E-state index contributed by atoms with van der Waals surface area (Å²) in [5, 5.41) is 11.3. The van der Waals surface area contributed by atoms with Crippen LogP contribution in [0.3, 0.4) is 0 Å². The zero-order chi connectivity index (χ0) is 14.3. The van der Waals surface area contributed by atoms with Gasteiger partial charge in [-0.05, 0) is 17.7 Å². The van der Waals surface area contributed by atoms with Crippen LogP contribution in [0.1, 0.15) is 12.0 Å². The van der Waals surface area contributed by atoms with Crippen molar-refractivity contribution >= 4 is 11.6 Å². The Kier molecular flexibility index (Phi) is 5.78. The van der Waals surface area contributed by atoms with Crippen molar-refractivity contribution in [2.45, 2.75) is 19.2 Å². The predicted molar refractivity (Wildman–Crippen MR) is 62.5 cm³/mol. The first kappa shape index (κ1) is 15.5. The van der Waals surface area contributed by atoms with E-state index in [9.17, 15) is 18.0 Å². The Morgan fingerprint density at radius 1 is 1.26 bits per heavy atom. The summed E-state index contributed by atoms with van der Waals surface area (Å²) in [7, 11) is 0. The summed E-state index contributed by atoms with van der Waals surface area (Å²) in [5.74, 6) is -0.432. The van der Waals surface area contributed by atoms with Crippen LogP contribution in [0.5, 0.6) is 0 Å². The first-order chi connectivity index (χ1) is 8.90. The molecule has 0 bridgehead atoms. The molecule has 1 rings (SSSR count). The van der Waals surface area contributed by atoms with E-state index in [1.807, 2.05) is 0 Å². The Bertz CT molecular complexity index is 404. The monoisotopic (exact) mass is 277 g/mol. The Morgan fingerprint density at radius 3 is 2.42 bits per heavy atom. The van der Waals surface area contributed by atoms with Gasteiger partial charge in [0.05, 0.1) is 19.6 Å². The number of aliphatic hydroxyl groups excluding tert-OH is 1. The molecule has 0 unspecified atom stereocenters. The molecule has 19 heavy (non-hydrogen) atoms. The van der Waals surface area contributed by atoms with Crippen molar-refractivity contribution in [1.29, 1.82) is 0 Å². The second kappa shape index (κ2) is 7.10. The van der Waals surface area contributed by atoms with Crippen LogP contribution in [0.25, 0.3) is 0 Å². The van der Waals surface area contributed by atoms with Crippen LogP contribution in [0.4, 0.5) is 18.9 Å². The number of alkyl halides is 3. The third kappa shape index (κ3) is 6.78. The molecular formula is C12H14F3NO3. The van der Waals surface area contributed by atoms with Gasteiger partial charge >= 0.3 is 6.18 Å². The third-order valence-corrected chi connectivity index (χ3v) is 2.16. The van der Waals surface area contributed by atoms with Crippen molar-refractivity contribution in [2.75, 3.05) is 18.5 Å². The highest BCUT2D eigenvalue weighted by Crippen LogP contribution is 2.14. The van der Waals surface area contributed by atoms with Crippen LogP contribution >= 0.6 is 0 Å². The third-order valence-electron chi connectivity index (χ3n) is 2.16. The van der Waals surface area contributed by atoms with Crippen molar-refractivity contribution in [3.63, 3.8) is 0 Å². The fraction of sp³-hybridized carbons (Fsp3) is 0.417. The molecule has 1 aromatic carbocycles. The van der Waals surface area contributed by atoms with Crippen molar-refractivity contribution in [2.24, 2.45) is 0 Å². The molecule has 106 valence electrons. The maximum absolute atomic E-state index is 11.8. The zero-order valence-corrected chi connectivity index (χ0v) is 10.0. The van der Waals surface area contributed by atoms with Gasteiger partial charge in [0.1, 0.15) is 6.61 Å². The summed E-state index contributed by atoms with van der Waals surface area (Å²) >= 11 is 0. The molecule has 0 aliphatic carbocycles. The number of carbonyl (C=O) groups excluding carboxylic acids is 1. The molecule has 0 heterocycles. The number of aliphatic hydroxyl groups is 1. The molecule has 0 atom stereocenters. The number of rotatable bonds is 6. The Morgan fingerprint density at radius 2 is 1.89 bits per heavy atom. The van der Waals surface area contributed by atoms with Gasteiger partial charge in [0.25, 0.3) is 0 Å². The predicted octanol–water partition coefficient (Wildman–Crippen LogP) is 2.09. The van der Waals surface area contributed by atoms with Crippen LogP contribution < -0.4 is 5.32 Å². The lowest BCUT2D eigenvalue weighted by atomic mass is 10.2. The van der Waals surface area contributed by atoms with Gasteiger partial charge in [0, 0.05) is 5.69 Å². The van der Waals surface area contributed by atoms with E-state index in [2.05, 4.69) is 10.1 Å². The molecule has 0 aliphatic heterocycles. The Labute approximate surface area is 108 Å². The van der Waals surface area contributed by atoms with Crippen LogP contribution in [-0.2, 0) is 16.1 Å². The summed E-state index contributed by atoms with van der Waals surface area (Å²) in [6, 6.07) is 6.46. The minimum atomic E-state index is -4.38. The number of benzene rings is 1. The molecule has 0 fully saturated rings. The molecule has 0 aromatic heterocycles. The van der Waals surface area contributed by atoms with E-state index in [1.54, 1.807) is 24.3 Å². The number of anilines is 1. The van der Waals surface area contributed by atoms with Gasteiger partial charge in [-0.1, -0.05) is 12.1 Å². The molecule has 0 radical (unpaired) electrons. The minimum absolute atomic E-state index is 0.0977. The number of hydrogen-bond donors (Lipinski definition) is 2. The molecule has 1 amide bonds. The number of nitrogens with one attached hydrogen (secondary N) is 1. The average molecular weight is 277 g/mol. The van der Waals surface area contributed by atoms with Gasteiger partial charge in [-0.15, -0.1) is 0 Å². The lowest BCUT2D eigenvalue weighted by Gasteiger charge is -2.08. The Hall–Kier alpha value is -1.60. The maximum Gasteiger partial charge on any atom is 0.411 e. The van der Waals surface area contributed by atoms with E-state index in [0.29, 0.717) is 11.3 Å². The molecule has 7 heteroatoms. The van der Waals surface area contributed by atoms with E-state index >= 15 is 0 Å². The molecule has 4 nitrogen and oxygen atoms in total. The van der Waals surface area contributed by atoms with Gasteiger partial charge < -0.3 is 15.2 Å². The Balaban J connectivity index is 2.27. The highest BCUT2D eigenvalue weighted by Gasteiger charge is 2.27. The largest absolute Gasteiger partial charge is 0.411 e. The molecule has 0 saturated carbocycles. The first-order valence-electron chi connectivity index (χ1n) is 5.55. The number of hydrogen-bond acceptors (Lipinski definition) is 3. The lowest BCUT2D eigenvalue weighted by molar-refractivity contribution is -0.174. The van der Waals surface area contributed by atoms with E-state index in [0.717, 1.165) is 0 Å². The molecule has 2 N–H and O–H groups in total. The standard InChI is InChI=1S/C12H14F3NO3/c13-12(14,15)8-19-6-5-11(18)16-10-3-1-9(7-17)2-4-10/h1-4,17H,5-8H2,(H,16,18). The second-order valence-electron chi connectivity index (χ2n) is 3.82.